The molecule has 6 nitrogen and oxygen atoms in total. The number of anilines is 1. The first kappa shape index (κ1) is 15.3. The van der Waals surface area contributed by atoms with Gasteiger partial charge in [-0.25, -0.2) is 4.79 Å². The summed E-state index contributed by atoms with van der Waals surface area (Å²) in [5.41, 5.74) is 6.89. The molecule has 0 unspecified atom stereocenters. The fraction of sp³-hybridized carbons (Fsp3) is 0.467. The summed E-state index contributed by atoms with van der Waals surface area (Å²) in [5, 5.41) is 0. The lowest BCUT2D eigenvalue weighted by molar-refractivity contribution is 0.0600. The van der Waals surface area contributed by atoms with Gasteiger partial charge in [0, 0.05) is 37.4 Å². The number of nitrogens with two attached hydrogens (primary N) is 1. The lowest BCUT2D eigenvalue weighted by Gasteiger charge is -2.34. The van der Waals surface area contributed by atoms with Crippen molar-refractivity contribution in [3.8, 4) is 0 Å². The van der Waals surface area contributed by atoms with Crippen molar-refractivity contribution in [2.45, 2.75) is 6.92 Å². The zero-order chi connectivity index (χ0) is 15.4. The first-order chi connectivity index (χ1) is 10.0. The van der Waals surface area contributed by atoms with Crippen LogP contribution < -0.4 is 5.73 Å². The lowest BCUT2D eigenvalue weighted by atomic mass is 10.1. The summed E-state index contributed by atoms with van der Waals surface area (Å²) in [4.78, 5) is 28.2. The topological polar surface area (TPSA) is 75.9 Å². The van der Waals surface area contributed by atoms with Crippen molar-refractivity contribution in [1.82, 2.24) is 9.80 Å². The molecule has 0 aliphatic carbocycles. The number of piperazine rings is 1. The van der Waals surface area contributed by atoms with Crippen LogP contribution in [0.2, 0.25) is 0 Å². The summed E-state index contributed by atoms with van der Waals surface area (Å²) >= 11 is 0. The number of carbonyl (C=O) groups is 2. The van der Waals surface area contributed by atoms with Crippen molar-refractivity contribution in [3.63, 3.8) is 0 Å². The Hall–Kier alpha value is -2.08. The van der Waals surface area contributed by atoms with E-state index in [9.17, 15) is 9.59 Å². The molecular formula is C15H21N3O3. The molecule has 1 saturated heterocycles. The van der Waals surface area contributed by atoms with Crippen molar-refractivity contribution in [1.29, 1.82) is 0 Å². The average Bonchev–Trinajstić information content (AvgIpc) is 2.52. The van der Waals surface area contributed by atoms with Crippen molar-refractivity contribution >= 4 is 17.6 Å². The molecule has 0 atom stereocenters. The van der Waals surface area contributed by atoms with E-state index in [1.54, 1.807) is 11.0 Å². The molecule has 21 heavy (non-hydrogen) atoms. The van der Waals surface area contributed by atoms with Crippen LogP contribution >= 0.6 is 0 Å². The van der Waals surface area contributed by atoms with Crippen molar-refractivity contribution < 1.29 is 14.3 Å². The first-order valence-electron chi connectivity index (χ1n) is 7.05. The second-order valence-corrected chi connectivity index (χ2v) is 5.06. The van der Waals surface area contributed by atoms with Crippen LogP contribution in [-0.2, 0) is 4.74 Å². The number of amides is 1. The van der Waals surface area contributed by atoms with Crippen LogP contribution in [0.5, 0.6) is 0 Å². The van der Waals surface area contributed by atoms with Gasteiger partial charge in [-0.2, -0.15) is 0 Å². The highest BCUT2D eigenvalue weighted by molar-refractivity contribution is 5.99. The number of hydrogen-bond donors (Lipinski definition) is 1. The van der Waals surface area contributed by atoms with Crippen molar-refractivity contribution in [2.24, 2.45) is 0 Å². The van der Waals surface area contributed by atoms with Crippen LogP contribution in [0.3, 0.4) is 0 Å². The molecule has 0 aromatic heterocycles. The predicted molar refractivity (Wildman–Crippen MR) is 80.2 cm³/mol. The number of carbonyl (C=O) groups excluding carboxylic acids is 2. The third-order valence-corrected chi connectivity index (χ3v) is 3.73. The fourth-order valence-corrected chi connectivity index (χ4v) is 2.46. The third-order valence-electron chi connectivity index (χ3n) is 3.73. The van der Waals surface area contributed by atoms with Gasteiger partial charge < -0.3 is 20.3 Å². The van der Waals surface area contributed by atoms with Gasteiger partial charge in [0.1, 0.15) is 0 Å². The van der Waals surface area contributed by atoms with Crippen LogP contribution in [0.25, 0.3) is 0 Å². The van der Waals surface area contributed by atoms with E-state index >= 15 is 0 Å². The molecule has 6 heteroatoms. The molecule has 2 N–H and O–H groups in total. The number of hydrogen-bond acceptors (Lipinski definition) is 5. The summed E-state index contributed by atoms with van der Waals surface area (Å²) < 4.78 is 4.67. The molecule has 2 rings (SSSR count). The Morgan fingerprint density at radius 3 is 2.33 bits per heavy atom. The van der Waals surface area contributed by atoms with E-state index < -0.39 is 5.97 Å². The SMILES string of the molecule is CCN1CCN(C(=O)c2cc(N)cc(C(=O)OC)c2)CC1. The van der Waals surface area contributed by atoms with Gasteiger partial charge in [0.2, 0.25) is 0 Å². The van der Waals surface area contributed by atoms with Gasteiger partial charge in [-0.3, -0.25) is 4.79 Å². The molecule has 1 heterocycles. The standard InChI is InChI=1S/C15H21N3O3/c1-3-17-4-6-18(7-5-17)14(19)11-8-12(15(20)21-2)10-13(16)9-11/h8-10H,3-7,16H2,1-2H3. The number of nitrogens with zero attached hydrogens (tertiary/aromatic N) is 2. The van der Waals surface area contributed by atoms with E-state index in [1.807, 2.05) is 0 Å². The molecule has 0 radical (unpaired) electrons. The number of esters is 1. The minimum atomic E-state index is -0.493. The van der Waals surface area contributed by atoms with E-state index in [0.29, 0.717) is 29.9 Å². The zero-order valence-corrected chi connectivity index (χ0v) is 12.5. The fourth-order valence-electron chi connectivity index (χ4n) is 2.46. The van der Waals surface area contributed by atoms with Crippen LogP contribution in [0, 0.1) is 0 Å². The van der Waals surface area contributed by atoms with Crippen LogP contribution in [0.4, 0.5) is 5.69 Å². The molecule has 1 aliphatic rings. The number of nitrogen functional groups attached to an aromatic ring is 1. The maximum Gasteiger partial charge on any atom is 0.337 e. The monoisotopic (exact) mass is 291 g/mol. The molecule has 0 saturated carbocycles. The molecule has 1 aliphatic heterocycles. The number of ether oxygens (including phenoxy) is 1. The molecule has 1 fully saturated rings. The Bertz CT molecular complexity index is 537. The van der Waals surface area contributed by atoms with Gasteiger partial charge in [-0.15, -0.1) is 0 Å². The summed E-state index contributed by atoms with van der Waals surface area (Å²) in [6.07, 6.45) is 0. The average molecular weight is 291 g/mol. The van der Waals surface area contributed by atoms with Crippen LogP contribution in [-0.4, -0.2) is 61.5 Å². The van der Waals surface area contributed by atoms with E-state index in [-0.39, 0.29) is 5.91 Å². The second-order valence-electron chi connectivity index (χ2n) is 5.06. The summed E-state index contributed by atoms with van der Waals surface area (Å²) in [6, 6.07) is 4.65. The van der Waals surface area contributed by atoms with Gasteiger partial charge in [0.15, 0.2) is 0 Å². The van der Waals surface area contributed by atoms with Gasteiger partial charge in [-0.05, 0) is 24.7 Å². The van der Waals surface area contributed by atoms with Crippen LogP contribution in [0.15, 0.2) is 18.2 Å². The quantitative estimate of drug-likeness (QED) is 0.659. The first-order valence-corrected chi connectivity index (χ1v) is 7.05. The number of likely N-dealkylation sites (N-methyl/N-ethyl adjacent to an activating group) is 1. The van der Waals surface area contributed by atoms with E-state index in [1.165, 1.54) is 19.2 Å². The van der Waals surface area contributed by atoms with Crippen LogP contribution in [0.1, 0.15) is 27.6 Å². The predicted octanol–water partition coefficient (Wildman–Crippen LogP) is 0.833. The Kier molecular flexibility index (Phi) is 4.80. The maximum atomic E-state index is 12.5. The Morgan fingerprint density at radius 1 is 1.14 bits per heavy atom. The minimum Gasteiger partial charge on any atom is -0.465 e. The highest BCUT2D eigenvalue weighted by atomic mass is 16.5. The molecular weight excluding hydrogens is 270 g/mol. The molecule has 1 aromatic carbocycles. The van der Waals surface area contributed by atoms with Gasteiger partial charge in [0.05, 0.1) is 12.7 Å². The summed E-state index contributed by atoms with van der Waals surface area (Å²) in [5.74, 6) is -0.588. The number of benzene rings is 1. The molecule has 0 bridgehead atoms. The Balaban J connectivity index is 2.16. The highest BCUT2D eigenvalue weighted by Gasteiger charge is 2.22. The Labute approximate surface area is 124 Å². The van der Waals surface area contributed by atoms with Gasteiger partial charge >= 0.3 is 5.97 Å². The van der Waals surface area contributed by atoms with E-state index in [0.717, 1.165) is 19.6 Å². The smallest absolute Gasteiger partial charge is 0.337 e. The zero-order valence-electron chi connectivity index (χ0n) is 12.5. The maximum absolute atomic E-state index is 12.5. The number of methoxy groups -OCH3 is 1. The molecule has 1 amide bonds. The molecule has 114 valence electrons. The van der Waals surface area contributed by atoms with Gasteiger partial charge in [-0.1, -0.05) is 6.92 Å². The Morgan fingerprint density at radius 2 is 1.76 bits per heavy atom. The molecule has 0 spiro atoms. The number of rotatable bonds is 3. The van der Waals surface area contributed by atoms with E-state index in [2.05, 4.69) is 16.6 Å². The highest BCUT2D eigenvalue weighted by Crippen LogP contribution is 2.16. The third kappa shape index (κ3) is 3.52. The minimum absolute atomic E-state index is 0.0943. The van der Waals surface area contributed by atoms with Gasteiger partial charge in [0.25, 0.3) is 5.91 Å². The van der Waals surface area contributed by atoms with Crippen molar-refractivity contribution in [3.05, 3.63) is 29.3 Å². The van der Waals surface area contributed by atoms with Crippen molar-refractivity contribution in [2.75, 3.05) is 45.6 Å². The van der Waals surface area contributed by atoms with E-state index in [4.69, 9.17) is 5.73 Å². The molecule has 1 aromatic rings. The summed E-state index contributed by atoms with van der Waals surface area (Å²) in [6.45, 7) is 6.22. The summed E-state index contributed by atoms with van der Waals surface area (Å²) in [7, 11) is 1.30. The largest absolute Gasteiger partial charge is 0.465 e. The lowest BCUT2D eigenvalue weighted by Crippen LogP contribution is -2.48. The second kappa shape index (κ2) is 6.58. The normalized spacial score (nSPS) is 15.8.